The summed E-state index contributed by atoms with van der Waals surface area (Å²) in [6, 6.07) is 12.7. The number of para-hydroxylation sites is 1. The first-order chi connectivity index (χ1) is 15.9. The Bertz CT molecular complexity index is 1120. The Kier molecular flexibility index (Phi) is 8.85. The molecule has 3 aromatic rings. The van der Waals surface area contributed by atoms with Crippen LogP contribution in [0, 0.1) is 12.7 Å². The van der Waals surface area contributed by atoms with Crippen LogP contribution in [0.25, 0.3) is 0 Å². The summed E-state index contributed by atoms with van der Waals surface area (Å²) in [5.74, 6) is 0.127. The van der Waals surface area contributed by atoms with Gasteiger partial charge in [-0.2, -0.15) is 11.8 Å². The second-order valence-electron chi connectivity index (χ2n) is 7.29. The van der Waals surface area contributed by atoms with Crippen LogP contribution in [-0.2, 0) is 11.2 Å². The Morgan fingerprint density at radius 3 is 2.64 bits per heavy atom. The third kappa shape index (κ3) is 6.55. The third-order valence-corrected chi connectivity index (χ3v) is 6.73. The van der Waals surface area contributed by atoms with E-state index in [0.717, 1.165) is 10.6 Å². The van der Waals surface area contributed by atoms with Gasteiger partial charge < -0.3 is 15.4 Å². The number of amides is 2. The Morgan fingerprint density at radius 1 is 1.18 bits per heavy atom. The van der Waals surface area contributed by atoms with Gasteiger partial charge in [-0.25, -0.2) is 9.37 Å². The van der Waals surface area contributed by atoms with Crippen molar-refractivity contribution in [3.8, 4) is 5.75 Å². The summed E-state index contributed by atoms with van der Waals surface area (Å²) in [5, 5.41) is 6.05. The van der Waals surface area contributed by atoms with E-state index in [4.69, 9.17) is 4.74 Å². The van der Waals surface area contributed by atoms with E-state index in [1.54, 1.807) is 54.2 Å². The average molecular weight is 488 g/mol. The lowest BCUT2D eigenvalue weighted by Crippen LogP contribution is -2.44. The van der Waals surface area contributed by atoms with Gasteiger partial charge in [0, 0.05) is 11.3 Å². The standard InChI is InChI=1S/C24H26FN3O3S2/c1-15-21(14-16-8-4-6-10-18(16)25)33-24(26-15)28-23(30)19(12-13-32-3)27-22(29)17-9-5-7-11-20(17)31-2/h4-11,19H,12-14H2,1-3H3,(H,27,29)(H,26,28,30). The second-order valence-corrected chi connectivity index (χ2v) is 9.36. The highest BCUT2D eigenvalue weighted by Crippen LogP contribution is 2.26. The molecule has 6 nitrogen and oxygen atoms in total. The van der Waals surface area contributed by atoms with E-state index in [1.807, 2.05) is 13.2 Å². The zero-order valence-electron chi connectivity index (χ0n) is 18.7. The van der Waals surface area contributed by atoms with Crippen LogP contribution in [0.1, 0.15) is 32.9 Å². The molecule has 1 unspecified atom stereocenters. The molecular formula is C24H26FN3O3S2. The predicted molar refractivity (Wildman–Crippen MR) is 132 cm³/mol. The minimum atomic E-state index is -0.742. The number of rotatable bonds is 10. The molecule has 0 aliphatic rings. The van der Waals surface area contributed by atoms with Gasteiger partial charge in [0.25, 0.3) is 5.91 Å². The van der Waals surface area contributed by atoms with E-state index < -0.39 is 6.04 Å². The molecule has 0 saturated heterocycles. The summed E-state index contributed by atoms with van der Waals surface area (Å²) in [5.41, 5.74) is 1.67. The number of methoxy groups -OCH3 is 1. The summed E-state index contributed by atoms with van der Waals surface area (Å²) >= 11 is 2.90. The lowest BCUT2D eigenvalue weighted by Gasteiger charge is -2.18. The van der Waals surface area contributed by atoms with Crippen LogP contribution < -0.4 is 15.4 Å². The minimum Gasteiger partial charge on any atom is -0.496 e. The molecule has 3 rings (SSSR count). The number of anilines is 1. The molecule has 9 heteroatoms. The fourth-order valence-electron chi connectivity index (χ4n) is 3.23. The number of nitrogens with one attached hydrogen (secondary N) is 2. The third-order valence-electron chi connectivity index (χ3n) is 5.02. The van der Waals surface area contributed by atoms with Gasteiger partial charge in [0.15, 0.2) is 5.13 Å². The van der Waals surface area contributed by atoms with Gasteiger partial charge in [-0.1, -0.05) is 30.3 Å². The van der Waals surface area contributed by atoms with Gasteiger partial charge >= 0.3 is 0 Å². The van der Waals surface area contributed by atoms with E-state index in [1.165, 1.54) is 24.5 Å². The number of nitrogens with zero attached hydrogens (tertiary/aromatic N) is 1. The first kappa shape index (κ1) is 24.7. The fourth-order valence-corrected chi connectivity index (χ4v) is 4.69. The number of benzene rings is 2. The topological polar surface area (TPSA) is 80.3 Å². The van der Waals surface area contributed by atoms with E-state index in [0.29, 0.717) is 40.6 Å². The smallest absolute Gasteiger partial charge is 0.255 e. The van der Waals surface area contributed by atoms with Crippen LogP contribution in [0.3, 0.4) is 0 Å². The van der Waals surface area contributed by atoms with Crippen LogP contribution in [0.5, 0.6) is 5.75 Å². The molecule has 0 spiro atoms. The van der Waals surface area contributed by atoms with Crippen molar-refractivity contribution in [2.45, 2.75) is 25.8 Å². The van der Waals surface area contributed by atoms with Crippen LogP contribution in [0.15, 0.2) is 48.5 Å². The van der Waals surface area contributed by atoms with Crippen molar-refractivity contribution in [1.82, 2.24) is 10.3 Å². The van der Waals surface area contributed by atoms with Gasteiger partial charge in [0.05, 0.1) is 18.4 Å². The van der Waals surface area contributed by atoms with Crippen molar-refractivity contribution in [3.05, 3.63) is 76.0 Å². The summed E-state index contributed by atoms with van der Waals surface area (Å²) in [6.45, 7) is 1.83. The SMILES string of the molecule is COc1ccccc1C(=O)NC(CCSC)C(=O)Nc1nc(C)c(Cc2ccccc2F)s1. The maximum absolute atomic E-state index is 14.0. The largest absolute Gasteiger partial charge is 0.496 e. The first-order valence-corrected chi connectivity index (χ1v) is 12.6. The van der Waals surface area contributed by atoms with Crippen LogP contribution in [0.4, 0.5) is 9.52 Å². The molecule has 2 amide bonds. The number of aromatic nitrogens is 1. The summed E-state index contributed by atoms with van der Waals surface area (Å²) in [6.07, 6.45) is 2.79. The number of aryl methyl sites for hydroxylation is 1. The molecule has 33 heavy (non-hydrogen) atoms. The Balaban J connectivity index is 1.72. The van der Waals surface area contributed by atoms with Gasteiger partial charge in [-0.3, -0.25) is 9.59 Å². The molecular weight excluding hydrogens is 461 g/mol. The molecule has 0 radical (unpaired) electrons. The zero-order chi connectivity index (χ0) is 23.8. The summed E-state index contributed by atoms with van der Waals surface area (Å²) in [4.78, 5) is 31.1. The molecule has 174 valence electrons. The number of thioether (sulfide) groups is 1. The summed E-state index contributed by atoms with van der Waals surface area (Å²) < 4.78 is 19.3. The van der Waals surface area contributed by atoms with E-state index in [-0.39, 0.29) is 17.6 Å². The highest BCUT2D eigenvalue weighted by Gasteiger charge is 2.24. The lowest BCUT2D eigenvalue weighted by atomic mass is 10.1. The molecule has 0 saturated carbocycles. The van der Waals surface area contributed by atoms with Crippen LogP contribution >= 0.6 is 23.1 Å². The Labute approximate surface area is 201 Å². The number of carbonyl (C=O) groups is 2. The number of thiazole rings is 1. The van der Waals surface area contributed by atoms with E-state index >= 15 is 0 Å². The average Bonchev–Trinajstić information content (AvgIpc) is 3.16. The maximum Gasteiger partial charge on any atom is 0.255 e. The predicted octanol–water partition coefficient (Wildman–Crippen LogP) is 4.68. The molecule has 0 fully saturated rings. The molecule has 2 aromatic carbocycles. The zero-order valence-corrected chi connectivity index (χ0v) is 20.3. The second kappa shape index (κ2) is 11.8. The lowest BCUT2D eigenvalue weighted by molar-refractivity contribution is -0.118. The van der Waals surface area contributed by atoms with Crippen molar-refractivity contribution in [2.24, 2.45) is 0 Å². The van der Waals surface area contributed by atoms with Gasteiger partial charge in [0.1, 0.15) is 17.6 Å². The monoisotopic (exact) mass is 487 g/mol. The van der Waals surface area contributed by atoms with Gasteiger partial charge in [-0.15, -0.1) is 11.3 Å². The number of halogens is 1. The quantitative estimate of drug-likeness (QED) is 0.434. The number of ether oxygens (including phenoxy) is 1. The normalized spacial score (nSPS) is 11.6. The molecule has 0 bridgehead atoms. The van der Waals surface area contributed by atoms with Crippen molar-refractivity contribution >= 4 is 40.0 Å². The van der Waals surface area contributed by atoms with Crippen LogP contribution in [-0.4, -0.2) is 42.0 Å². The number of carbonyl (C=O) groups excluding carboxylic acids is 2. The van der Waals surface area contributed by atoms with Crippen molar-refractivity contribution in [2.75, 3.05) is 24.4 Å². The number of hydrogen-bond donors (Lipinski definition) is 2. The van der Waals surface area contributed by atoms with Gasteiger partial charge in [-0.05, 0) is 49.1 Å². The van der Waals surface area contributed by atoms with Crippen molar-refractivity contribution in [3.63, 3.8) is 0 Å². The van der Waals surface area contributed by atoms with Gasteiger partial charge in [0.2, 0.25) is 5.91 Å². The number of hydrogen-bond acceptors (Lipinski definition) is 6. The van der Waals surface area contributed by atoms with Crippen molar-refractivity contribution in [1.29, 1.82) is 0 Å². The molecule has 1 atom stereocenters. The molecule has 0 aliphatic carbocycles. The fraction of sp³-hybridized carbons (Fsp3) is 0.292. The first-order valence-electron chi connectivity index (χ1n) is 10.4. The minimum absolute atomic E-state index is 0.271. The Hall–Kier alpha value is -2.91. The maximum atomic E-state index is 14.0. The van der Waals surface area contributed by atoms with E-state index in [9.17, 15) is 14.0 Å². The van der Waals surface area contributed by atoms with E-state index in [2.05, 4.69) is 15.6 Å². The molecule has 2 N–H and O–H groups in total. The van der Waals surface area contributed by atoms with Crippen LogP contribution in [0.2, 0.25) is 0 Å². The molecule has 1 heterocycles. The highest BCUT2D eigenvalue weighted by atomic mass is 32.2. The highest BCUT2D eigenvalue weighted by molar-refractivity contribution is 7.98. The summed E-state index contributed by atoms with van der Waals surface area (Å²) in [7, 11) is 1.49. The molecule has 0 aliphatic heterocycles. The Morgan fingerprint density at radius 2 is 1.91 bits per heavy atom. The van der Waals surface area contributed by atoms with Crippen molar-refractivity contribution < 1.29 is 18.7 Å². The molecule has 1 aromatic heterocycles.